The third kappa shape index (κ3) is 10.0. The molecule has 2 aromatic rings. The Balaban J connectivity index is 1.17. The van der Waals surface area contributed by atoms with Crippen LogP contribution in [0.4, 0.5) is 0 Å². The summed E-state index contributed by atoms with van der Waals surface area (Å²) in [4.78, 5) is 9.63. The molecule has 0 unspecified atom stereocenters. The van der Waals surface area contributed by atoms with E-state index in [-0.39, 0.29) is 0 Å². The molecule has 1 heterocycles. The van der Waals surface area contributed by atoms with Crippen molar-refractivity contribution in [3.8, 4) is 11.4 Å². The van der Waals surface area contributed by atoms with Crippen molar-refractivity contribution in [3.63, 3.8) is 0 Å². The summed E-state index contributed by atoms with van der Waals surface area (Å²) in [7, 11) is 0. The molecule has 2 aliphatic rings. The lowest BCUT2D eigenvalue weighted by Gasteiger charge is -2.29. The van der Waals surface area contributed by atoms with Gasteiger partial charge >= 0.3 is 0 Å². The van der Waals surface area contributed by atoms with Crippen molar-refractivity contribution in [3.05, 3.63) is 47.8 Å². The van der Waals surface area contributed by atoms with Gasteiger partial charge in [0.25, 0.3) is 0 Å². The Hall–Kier alpha value is -1.70. The Morgan fingerprint density at radius 1 is 0.513 bits per heavy atom. The number of hydrogen-bond acceptors (Lipinski definition) is 2. The quantitative estimate of drug-likeness (QED) is 0.202. The van der Waals surface area contributed by atoms with Crippen LogP contribution in [0.3, 0.4) is 0 Å². The van der Waals surface area contributed by atoms with Crippen LogP contribution < -0.4 is 0 Å². The lowest BCUT2D eigenvalue weighted by atomic mass is 9.77. The fourth-order valence-electron chi connectivity index (χ4n) is 7.42. The monoisotopic (exact) mass is 530 g/mol. The van der Waals surface area contributed by atoms with Crippen LogP contribution >= 0.6 is 0 Å². The first-order valence-corrected chi connectivity index (χ1v) is 17.2. The molecule has 2 nitrogen and oxygen atoms in total. The van der Waals surface area contributed by atoms with E-state index in [1.165, 1.54) is 146 Å². The predicted molar refractivity (Wildman–Crippen MR) is 168 cm³/mol. The molecule has 0 spiro atoms. The summed E-state index contributed by atoms with van der Waals surface area (Å²) in [6.07, 6.45) is 33.8. The molecule has 0 bridgehead atoms. The van der Waals surface area contributed by atoms with E-state index in [1.54, 1.807) is 0 Å². The average Bonchev–Trinajstić information content (AvgIpc) is 3.00. The van der Waals surface area contributed by atoms with Gasteiger partial charge in [0.05, 0.1) is 0 Å². The Morgan fingerprint density at radius 3 is 1.44 bits per heavy atom. The minimum Gasteiger partial charge on any atom is -0.236 e. The fourth-order valence-corrected chi connectivity index (χ4v) is 7.42. The largest absolute Gasteiger partial charge is 0.236 e. The second-order valence-electron chi connectivity index (χ2n) is 13.2. The molecule has 2 saturated carbocycles. The molecule has 216 valence electrons. The van der Waals surface area contributed by atoms with Gasteiger partial charge in [-0.1, -0.05) is 122 Å². The van der Waals surface area contributed by atoms with Crippen molar-refractivity contribution in [2.24, 2.45) is 11.8 Å². The number of unbranched alkanes of at least 4 members (excludes halogenated alkanes) is 9. The van der Waals surface area contributed by atoms with Crippen LogP contribution in [0.2, 0.25) is 0 Å². The molecule has 1 aromatic carbocycles. The zero-order valence-electron chi connectivity index (χ0n) is 25.5. The SMILES string of the molecule is CCCCCCCC[C@H]1CC[C@H](c2cnc(-c3ccc([C@H]4CC[C@H](CCCCCCC)CC4)cc3)nc2)CC1. The molecule has 0 aliphatic heterocycles. The van der Waals surface area contributed by atoms with E-state index in [1.807, 2.05) is 0 Å². The van der Waals surface area contributed by atoms with Crippen LogP contribution in [0.5, 0.6) is 0 Å². The maximum absolute atomic E-state index is 4.82. The summed E-state index contributed by atoms with van der Waals surface area (Å²) in [5, 5.41) is 0. The Morgan fingerprint density at radius 2 is 0.949 bits per heavy atom. The van der Waals surface area contributed by atoms with Gasteiger partial charge in [0.1, 0.15) is 0 Å². The average molecular weight is 531 g/mol. The van der Waals surface area contributed by atoms with Gasteiger partial charge in [0.2, 0.25) is 0 Å². The molecule has 39 heavy (non-hydrogen) atoms. The lowest BCUT2D eigenvalue weighted by molar-refractivity contribution is 0.301. The van der Waals surface area contributed by atoms with E-state index in [2.05, 4.69) is 50.5 Å². The van der Waals surface area contributed by atoms with E-state index in [0.29, 0.717) is 5.92 Å². The maximum Gasteiger partial charge on any atom is 0.159 e. The topological polar surface area (TPSA) is 25.8 Å². The van der Waals surface area contributed by atoms with Crippen molar-refractivity contribution < 1.29 is 0 Å². The van der Waals surface area contributed by atoms with Gasteiger partial charge in [-0.2, -0.15) is 0 Å². The van der Waals surface area contributed by atoms with Gasteiger partial charge in [-0.05, 0) is 86.2 Å². The molecule has 0 amide bonds. The molecule has 2 heteroatoms. The summed E-state index contributed by atoms with van der Waals surface area (Å²) < 4.78 is 0. The Kier molecular flexibility index (Phi) is 13.3. The van der Waals surface area contributed by atoms with E-state index < -0.39 is 0 Å². The van der Waals surface area contributed by atoms with Crippen molar-refractivity contribution in [1.29, 1.82) is 0 Å². The first-order chi connectivity index (χ1) is 19.3. The minimum atomic E-state index is 0.661. The first-order valence-electron chi connectivity index (χ1n) is 17.2. The third-order valence-electron chi connectivity index (χ3n) is 10.2. The molecule has 0 atom stereocenters. The molecule has 0 radical (unpaired) electrons. The highest BCUT2D eigenvalue weighted by Gasteiger charge is 2.24. The van der Waals surface area contributed by atoms with Gasteiger partial charge in [-0.3, -0.25) is 0 Å². The zero-order chi connectivity index (χ0) is 27.1. The molecule has 2 aliphatic carbocycles. The van der Waals surface area contributed by atoms with Crippen molar-refractivity contribution in [2.45, 2.75) is 161 Å². The third-order valence-corrected chi connectivity index (χ3v) is 10.2. The summed E-state index contributed by atoms with van der Waals surface area (Å²) >= 11 is 0. The second kappa shape index (κ2) is 17.2. The van der Waals surface area contributed by atoms with E-state index in [4.69, 9.17) is 9.97 Å². The predicted octanol–water partition coefficient (Wildman–Crippen LogP) is 11.8. The van der Waals surface area contributed by atoms with Crippen LogP contribution in [0.1, 0.15) is 172 Å². The molecular formula is C37H58N2. The minimum absolute atomic E-state index is 0.661. The van der Waals surface area contributed by atoms with Crippen molar-refractivity contribution in [1.82, 2.24) is 9.97 Å². The van der Waals surface area contributed by atoms with Gasteiger partial charge < -0.3 is 0 Å². The molecule has 2 fully saturated rings. The molecule has 4 rings (SSSR count). The summed E-state index contributed by atoms with van der Waals surface area (Å²) in [5.41, 5.74) is 4.04. The summed E-state index contributed by atoms with van der Waals surface area (Å²) in [6, 6.07) is 9.23. The lowest BCUT2D eigenvalue weighted by Crippen LogP contribution is -2.14. The van der Waals surface area contributed by atoms with Crippen LogP contribution in [0, 0.1) is 11.8 Å². The van der Waals surface area contributed by atoms with Crippen LogP contribution in [-0.4, -0.2) is 9.97 Å². The highest BCUT2D eigenvalue weighted by atomic mass is 14.9. The molecule has 0 N–H and O–H groups in total. The number of rotatable bonds is 16. The van der Waals surface area contributed by atoms with Crippen molar-refractivity contribution >= 4 is 0 Å². The van der Waals surface area contributed by atoms with Gasteiger partial charge in [0, 0.05) is 18.0 Å². The van der Waals surface area contributed by atoms with Crippen LogP contribution in [0.25, 0.3) is 11.4 Å². The number of aromatic nitrogens is 2. The van der Waals surface area contributed by atoms with Gasteiger partial charge in [-0.15, -0.1) is 0 Å². The van der Waals surface area contributed by atoms with E-state index >= 15 is 0 Å². The summed E-state index contributed by atoms with van der Waals surface area (Å²) in [5.74, 6) is 4.22. The van der Waals surface area contributed by atoms with E-state index in [0.717, 1.165) is 29.1 Å². The fraction of sp³-hybridized carbons (Fsp3) is 0.730. The Labute approximate surface area is 241 Å². The highest BCUT2D eigenvalue weighted by molar-refractivity contribution is 5.55. The van der Waals surface area contributed by atoms with Gasteiger partial charge in [0.15, 0.2) is 5.82 Å². The first kappa shape index (κ1) is 30.3. The Bertz CT molecular complexity index is 886. The number of nitrogens with zero attached hydrogens (tertiary/aromatic N) is 2. The highest BCUT2D eigenvalue weighted by Crippen LogP contribution is 2.39. The summed E-state index contributed by atoms with van der Waals surface area (Å²) in [6.45, 7) is 4.61. The molecule has 1 aromatic heterocycles. The zero-order valence-corrected chi connectivity index (χ0v) is 25.5. The normalized spacial score (nSPS) is 23.6. The molecule has 0 saturated heterocycles. The van der Waals surface area contributed by atoms with Gasteiger partial charge in [-0.25, -0.2) is 9.97 Å². The standard InChI is InChI=1S/C37H58N2/c1-3-5-7-9-11-13-15-31-18-22-34(23-19-31)36-28-38-37(39-29-36)35-26-24-33(25-27-35)32-20-16-30(17-21-32)14-12-10-8-6-4-2/h24-32,34H,3-23H2,1-2H3/t30-,31-,32-,34-. The maximum atomic E-state index is 4.82. The second-order valence-corrected chi connectivity index (χ2v) is 13.2. The smallest absolute Gasteiger partial charge is 0.159 e. The van der Waals surface area contributed by atoms with E-state index in [9.17, 15) is 0 Å². The number of benzene rings is 1. The van der Waals surface area contributed by atoms with Crippen LogP contribution in [0.15, 0.2) is 36.7 Å². The van der Waals surface area contributed by atoms with Crippen LogP contribution in [-0.2, 0) is 0 Å². The number of hydrogen-bond donors (Lipinski definition) is 0. The molecular weight excluding hydrogens is 472 g/mol. The van der Waals surface area contributed by atoms with Crippen molar-refractivity contribution in [2.75, 3.05) is 0 Å².